The minimum atomic E-state index is -0.790. The van der Waals surface area contributed by atoms with Crippen LogP contribution in [-0.4, -0.2) is 27.7 Å². The highest BCUT2D eigenvalue weighted by molar-refractivity contribution is 5.92. The van der Waals surface area contributed by atoms with Crippen LogP contribution in [0.15, 0.2) is 52.9 Å². The van der Waals surface area contributed by atoms with Crippen molar-refractivity contribution in [3.05, 3.63) is 70.1 Å². The Labute approximate surface area is 160 Å². The van der Waals surface area contributed by atoms with E-state index in [4.69, 9.17) is 13.9 Å². The lowest BCUT2D eigenvalue weighted by molar-refractivity contribution is -0.384. The highest BCUT2D eigenvalue weighted by Crippen LogP contribution is 2.26. The molecule has 0 radical (unpaired) electrons. The van der Waals surface area contributed by atoms with E-state index in [0.29, 0.717) is 23.5 Å². The van der Waals surface area contributed by atoms with Gasteiger partial charge in [0.1, 0.15) is 11.3 Å². The summed E-state index contributed by atoms with van der Waals surface area (Å²) < 4.78 is 16.4. The van der Waals surface area contributed by atoms with Crippen LogP contribution in [0.4, 0.5) is 5.69 Å². The molecule has 0 aliphatic rings. The van der Waals surface area contributed by atoms with Gasteiger partial charge < -0.3 is 13.9 Å². The fourth-order valence-electron chi connectivity index (χ4n) is 2.43. The molecule has 9 heteroatoms. The van der Waals surface area contributed by atoms with Crippen molar-refractivity contribution in [3.8, 4) is 17.2 Å². The molecule has 0 aliphatic heterocycles. The minimum absolute atomic E-state index is 0.0428. The van der Waals surface area contributed by atoms with Crippen molar-refractivity contribution in [1.29, 1.82) is 0 Å². The summed E-state index contributed by atoms with van der Waals surface area (Å²) in [6.45, 7) is 3.85. The third kappa shape index (κ3) is 4.14. The number of hydrogen-bond acceptors (Lipinski definition) is 8. The number of carbonyl (C=O) groups excluding carboxylic acids is 1. The van der Waals surface area contributed by atoms with Crippen LogP contribution in [0.1, 0.15) is 36.2 Å². The van der Waals surface area contributed by atoms with E-state index in [1.807, 2.05) is 6.92 Å². The molecule has 144 valence electrons. The number of nitro benzene ring substituents is 1. The van der Waals surface area contributed by atoms with Gasteiger partial charge in [-0.05, 0) is 38.1 Å². The Hall–Kier alpha value is -3.75. The van der Waals surface area contributed by atoms with Gasteiger partial charge in [-0.3, -0.25) is 10.1 Å². The average Bonchev–Trinajstić information content (AvgIpc) is 3.19. The normalized spacial score (nSPS) is 11.6. The van der Waals surface area contributed by atoms with Gasteiger partial charge in [0.05, 0.1) is 11.5 Å². The quantitative estimate of drug-likeness (QED) is 0.342. The van der Waals surface area contributed by atoms with Gasteiger partial charge in [0, 0.05) is 17.7 Å². The third-order valence-corrected chi connectivity index (χ3v) is 3.80. The summed E-state index contributed by atoms with van der Waals surface area (Å²) >= 11 is 0. The van der Waals surface area contributed by atoms with E-state index in [0.717, 1.165) is 0 Å². The van der Waals surface area contributed by atoms with Crippen LogP contribution in [-0.2, 0) is 4.74 Å². The Morgan fingerprint density at radius 3 is 2.57 bits per heavy atom. The number of hydrogen-bond donors (Lipinski definition) is 0. The number of ether oxygens (including phenoxy) is 2. The van der Waals surface area contributed by atoms with E-state index in [9.17, 15) is 14.9 Å². The van der Waals surface area contributed by atoms with Gasteiger partial charge in [-0.2, -0.15) is 0 Å². The zero-order chi connectivity index (χ0) is 20.1. The second-order valence-corrected chi connectivity index (χ2v) is 5.73. The molecular formula is C19H17N3O6. The lowest BCUT2D eigenvalue weighted by Crippen LogP contribution is -2.11. The molecule has 1 heterocycles. The van der Waals surface area contributed by atoms with Crippen molar-refractivity contribution in [2.45, 2.75) is 20.0 Å². The van der Waals surface area contributed by atoms with Gasteiger partial charge in [0.25, 0.3) is 11.6 Å². The SMILES string of the molecule is CCOc1ccccc1C(=O)O[C@H](C)c1nnc(-c2ccc([N+](=O)[O-])cc2)o1. The number of para-hydroxylation sites is 1. The maximum absolute atomic E-state index is 12.4. The third-order valence-electron chi connectivity index (χ3n) is 3.80. The smallest absolute Gasteiger partial charge is 0.342 e. The highest BCUT2D eigenvalue weighted by Gasteiger charge is 2.22. The zero-order valence-electron chi connectivity index (χ0n) is 15.2. The molecule has 1 aromatic heterocycles. The number of benzene rings is 2. The van der Waals surface area contributed by atoms with Crippen molar-refractivity contribution < 1.29 is 23.6 Å². The number of nitro groups is 1. The largest absolute Gasteiger partial charge is 0.493 e. The van der Waals surface area contributed by atoms with Crippen LogP contribution in [0, 0.1) is 10.1 Å². The molecule has 0 bridgehead atoms. The lowest BCUT2D eigenvalue weighted by Gasteiger charge is -2.12. The minimum Gasteiger partial charge on any atom is -0.493 e. The Balaban J connectivity index is 1.73. The second kappa shape index (κ2) is 8.30. The van der Waals surface area contributed by atoms with Gasteiger partial charge in [0.2, 0.25) is 5.89 Å². The predicted molar refractivity (Wildman–Crippen MR) is 97.8 cm³/mol. The molecule has 0 N–H and O–H groups in total. The standard InChI is InChI=1S/C19H17N3O6/c1-3-26-16-7-5-4-6-15(16)19(23)27-12(2)17-20-21-18(28-17)13-8-10-14(11-9-13)22(24)25/h4-12H,3H2,1-2H3/t12-/m1/s1. The fourth-order valence-corrected chi connectivity index (χ4v) is 2.43. The molecule has 0 unspecified atom stereocenters. The summed E-state index contributed by atoms with van der Waals surface area (Å²) in [4.78, 5) is 22.7. The van der Waals surface area contributed by atoms with Crippen LogP contribution < -0.4 is 4.74 Å². The molecule has 2 aromatic carbocycles. The van der Waals surface area contributed by atoms with Crippen molar-refractivity contribution in [1.82, 2.24) is 10.2 Å². The number of carbonyl (C=O) groups is 1. The molecule has 0 aliphatic carbocycles. The van der Waals surface area contributed by atoms with Crippen molar-refractivity contribution >= 4 is 11.7 Å². The first-order chi connectivity index (χ1) is 13.5. The fraction of sp³-hybridized carbons (Fsp3) is 0.211. The van der Waals surface area contributed by atoms with Crippen LogP contribution in [0.5, 0.6) is 5.75 Å². The van der Waals surface area contributed by atoms with Crippen molar-refractivity contribution in [2.75, 3.05) is 6.61 Å². The Morgan fingerprint density at radius 2 is 1.89 bits per heavy atom. The molecule has 28 heavy (non-hydrogen) atoms. The summed E-state index contributed by atoms with van der Waals surface area (Å²) in [5, 5.41) is 18.5. The molecule has 9 nitrogen and oxygen atoms in total. The zero-order valence-corrected chi connectivity index (χ0v) is 15.2. The lowest BCUT2D eigenvalue weighted by atomic mass is 10.2. The van der Waals surface area contributed by atoms with E-state index in [2.05, 4.69) is 10.2 Å². The topological polar surface area (TPSA) is 118 Å². The van der Waals surface area contributed by atoms with Gasteiger partial charge in [0.15, 0.2) is 6.10 Å². The summed E-state index contributed by atoms with van der Waals surface area (Å²) in [6, 6.07) is 12.5. The van der Waals surface area contributed by atoms with Gasteiger partial charge >= 0.3 is 5.97 Å². The van der Waals surface area contributed by atoms with E-state index < -0.39 is 17.0 Å². The molecule has 0 saturated heterocycles. The molecular weight excluding hydrogens is 366 g/mol. The molecule has 0 spiro atoms. The Bertz CT molecular complexity index is 983. The number of aromatic nitrogens is 2. The van der Waals surface area contributed by atoms with Gasteiger partial charge in [-0.1, -0.05) is 12.1 Å². The first-order valence-electron chi connectivity index (χ1n) is 8.50. The number of nitrogens with zero attached hydrogens (tertiary/aromatic N) is 3. The predicted octanol–water partition coefficient (Wildman–Crippen LogP) is 3.96. The second-order valence-electron chi connectivity index (χ2n) is 5.73. The van der Waals surface area contributed by atoms with Crippen LogP contribution in [0.2, 0.25) is 0 Å². The van der Waals surface area contributed by atoms with E-state index in [1.54, 1.807) is 31.2 Å². The summed E-state index contributed by atoms with van der Waals surface area (Å²) in [5.74, 6) is 0.129. The molecule has 0 saturated carbocycles. The monoisotopic (exact) mass is 383 g/mol. The van der Waals surface area contributed by atoms with E-state index >= 15 is 0 Å². The Kier molecular flexibility index (Phi) is 5.64. The van der Waals surface area contributed by atoms with Crippen LogP contribution in [0.25, 0.3) is 11.5 Å². The average molecular weight is 383 g/mol. The van der Waals surface area contributed by atoms with E-state index in [1.165, 1.54) is 24.3 Å². The molecule has 3 aromatic rings. The molecule has 0 amide bonds. The first-order valence-corrected chi connectivity index (χ1v) is 8.50. The van der Waals surface area contributed by atoms with Crippen molar-refractivity contribution in [2.24, 2.45) is 0 Å². The molecule has 1 atom stereocenters. The summed E-state index contributed by atoms with van der Waals surface area (Å²) in [6.07, 6.45) is -0.790. The summed E-state index contributed by atoms with van der Waals surface area (Å²) in [5.41, 5.74) is 0.773. The number of esters is 1. The Morgan fingerprint density at radius 1 is 1.18 bits per heavy atom. The number of non-ortho nitro benzene ring substituents is 1. The first kappa shape index (κ1) is 19.0. The van der Waals surface area contributed by atoms with Crippen LogP contribution >= 0.6 is 0 Å². The van der Waals surface area contributed by atoms with Crippen molar-refractivity contribution in [3.63, 3.8) is 0 Å². The van der Waals surface area contributed by atoms with Gasteiger partial charge in [-0.15, -0.1) is 10.2 Å². The molecule has 3 rings (SSSR count). The number of rotatable bonds is 7. The molecule has 0 fully saturated rings. The summed E-state index contributed by atoms with van der Waals surface area (Å²) in [7, 11) is 0. The van der Waals surface area contributed by atoms with Gasteiger partial charge in [-0.25, -0.2) is 4.79 Å². The van der Waals surface area contributed by atoms with E-state index in [-0.39, 0.29) is 17.5 Å². The maximum Gasteiger partial charge on any atom is 0.342 e. The maximum atomic E-state index is 12.4. The van der Waals surface area contributed by atoms with Crippen LogP contribution in [0.3, 0.4) is 0 Å². The highest BCUT2D eigenvalue weighted by atomic mass is 16.6.